The van der Waals surface area contributed by atoms with E-state index in [1.807, 2.05) is 0 Å². The summed E-state index contributed by atoms with van der Waals surface area (Å²) in [6.45, 7) is 1.45. The molecule has 0 spiro atoms. The summed E-state index contributed by atoms with van der Waals surface area (Å²) in [4.78, 5) is 0. The molecule has 1 aromatic heterocycles. The van der Waals surface area contributed by atoms with Crippen LogP contribution >= 0.6 is 0 Å². The molecule has 0 atom stereocenters. The van der Waals surface area contributed by atoms with E-state index in [0.29, 0.717) is 5.52 Å². The van der Waals surface area contributed by atoms with Crippen molar-refractivity contribution in [3.8, 4) is 0 Å². The van der Waals surface area contributed by atoms with Gasteiger partial charge in [-0.15, -0.1) is 0 Å². The van der Waals surface area contributed by atoms with Crippen molar-refractivity contribution in [2.45, 2.75) is 13.1 Å². The molecule has 0 bridgehead atoms. The fourth-order valence-electron chi connectivity index (χ4n) is 1.62. The van der Waals surface area contributed by atoms with Gasteiger partial charge in [-0.1, -0.05) is 0 Å². The number of rotatable bonds is 0. The second-order valence-electron chi connectivity index (χ2n) is 3.49. The highest BCUT2D eigenvalue weighted by molar-refractivity contribution is 5.80. The summed E-state index contributed by atoms with van der Waals surface area (Å²) in [6, 6.07) is 2.64. The molecule has 0 fully saturated rings. The van der Waals surface area contributed by atoms with E-state index >= 15 is 0 Å². The molecule has 0 saturated carbocycles. The van der Waals surface area contributed by atoms with Gasteiger partial charge in [0.1, 0.15) is 0 Å². The van der Waals surface area contributed by atoms with Crippen LogP contribution in [0, 0.1) is 6.92 Å². The topological polar surface area (TPSA) is 17.8 Å². The van der Waals surface area contributed by atoms with Crippen LogP contribution in [0.2, 0.25) is 0 Å². The monoisotopic (exact) mass is 214 g/mol. The number of hydrogen-bond acceptors (Lipinski definition) is 1. The molecule has 1 aromatic carbocycles. The Bertz CT molecular complexity index is 511. The zero-order valence-corrected chi connectivity index (χ0v) is 8.26. The minimum Gasteiger partial charge on any atom is -0.268 e. The Morgan fingerprint density at radius 1 is 1.27 bits per heavy atom. The van der Waals surface area contributed by atoms with E-state index < -0.39 is 11.7 Å². The second kappa shape index (κ2) is 2.98. The van der Waals surface area contributed by atoms with Gasteiger partial charge in [0, 0.05) is 12.4 Å². The Labute approximate surface area is 84.3 Å². The van der Waals surface area contributed by atoms with Gasteiger partial charge in [0.05, 0.1) is 17.3 Å². The van der Waals surface area contributed by atoms with Crippen LogP contribution < -0.4 is 0 Å². The van der Waals surface area contributed by atoms with Crippen molar-refractivity contribution >= 4 is 10.9 Å². The summed E-state index contributed by atoms with van der Waals surface area (Å²) in [5.74, 6) is 0. The minimum atomic E-state index is -4.30. The largest absolute Gasteiger partial charge is 0.416 e. The van der Waals surface area contributed by atoms with Crippen molar-refractivity contribution in [1.82, 2.24) is 9.78 Å². The first kappa shape index (κ1) is 10.0. The molecule has 2 aromatic rings. The average Bonchev–Trinajstić information content (AvgIpc) is 2.44. The van der Waals surface area contributed by atoms with Crippen molar-refractivity contribution in [1.29, 1.82) is 0 Å². The Morgan fingerprint density at radius 3 is 2.53 bits per heavy atom. The van der Waals surface area contributed by atoms with Crippen LogP contribution in [-0.4, -0.2) is 9.78 Å². The van der Waals surface area contributed by atoms with Crippen LogP contribution in [-0.2, 0) is 13.2 Å². The van der Waals surface area contributed by atoms with Gasteiger partial charge in [-0.05, 0) is 24.6 Å². The van der Waals surface area contributed by atoms with E-state index in [2.05, 4.69) is 5.10 Å². The van der Waals surface area contributed by atoms with Gasteiger partial charge in [-0.25, -0.2) is 0 Å². The molecule has 2 nitrogen and oxygen atoms in total. The number of halogens is 3. The van der Waals surface area contributed by atoms with Gasteiger partial charge >= 0.3 is 6.18 Å². The fourth-order valence-corrected chi connectivity index (χ4v) is 1.62. The number of fused-ring (bicyclic) bond motifs is 1. The van der Waals surface area contributed by atoms with Gasteiger partial charge in [0.15, 0.2) is 0 Å². The lowest BCUT2D eigenvalue weighted by atomic mass is 10.1. The third-order valence-electron chi connectivity index (χ3n) is 2.40. The molecule has 0 radical (unpaired) electrons. The lowest BCUT2D eigenvalue weighted by Gasteiger charge is -2.10. The van der Waals surface area contributed by atoms with Crippen molar-refractivity contribution in [2.24, 2.45) is 7.05 Å². The molecule has 0 aliphatic carbocycles. The number of aryl methyl sites for hydroxylation is 2. The highest BCUT2D eigenvalue weighted by Gasteiger charge is 2.32. The summed E-state index contributed by atoms with van der Waals surface area (Å²) in [5.41, 5.74) is 0.120. The first-order valence-corrected chi connectivity index (χ1v) is 4.39. The first-order valence-electron chi connectivity index (χ1n) is 4.39. The maximum absolute atomic E-state index is 12.6. The highest BCUT2D eigenvalue weighted by Crippen LogP contribution is 2.33. The number of benzene rings is 1. The minimum absolute atomic E-state index is 0.225. The Morgan fingerprint density at radius 2 is 1.93 bits per heavy atom. The smallest absolute Gasteiger partial charge is 0.268 e. The van der Waals surface area contributed by atoms with Crippen LogP contribution in [0.1, 0.15) is 11.1 Å². The van der Waals surface area contributed by atoms with Crippen molar-refractivity contribution in [2.75, 3.05) is 0 Å². The summed E-state index contributed by atoms with van der Waals surface area (Å²) in [6.07, 6.45) is -2.75. The number of aromatic nitrogens is 2. The molecule has 80 valence electrons. The van der Waals surface area contributed by atoms with E-state index in [-0.39, 0.29) is 5.56 Å². The van der Waals surface area contributed by atoms with Crippen LogP contribution in [0.15, 0.2) is 18.3 Å². The molecule has 1 heterocycles. The van der Waals surface area contributed by atoms with E-state index in [9.17, 15) is 13.2 Å². The van der Waals surface area contributed by atoms with Crippen molar-refractivity contribution < 1.29 is 13.2 Å². The lowest BCUT2D eigenvalue weighted by molar-refractivity contribution is -0.137. The summed E-state index contributed by atoms with van der Waals surface area (Å²) < 4.78 is 39.2. The predicted molar refractivity (Wildman–Crippen MR) is 50.5 cm³/mol. The van der Waals surface area contributed by atoms with Gasteiger partial charge in [-0.2, -0.15) is 18.3 Å². The quantitative estimate of drug-likeness (QED) is 0.659. The highest BCUT2D eigenvalue weighted by atomic mass is 19.4. The molecule has 0 aliphatic heterocycles. The second-order valence-corrected chi connectivity index (χ2v) is 3.49. The molecular formula is C10H9F3N2. The Kier molecular flexibility index (Phi) is 1.99. The summed E-state index contributed by atoms with van der Waals surface area (Å²) in [5, 5.41) is 4.63. The lowest BCUT2D eigenvalue weighted by Crippen LogP contribution is -2.07. The van der Waals surface area contributed by atoms with Crippen LogP contribution in [0.25, 0.3) is 10.9 Å². The fraction of sp³-hybridized carbons (Fsp3) is 0.300. The van der Waals surface area contributed by atoms with E-state index in [1.54, 1.807) is 13.2 Å². The Balaban J connectivity index is 2.76. The van der Waals surface area contributed by atoms with Gasteiger partial charge in [-0.3, -0.25) is 4.68 Å². The number of hydrogen-bond donors (Lipinski definition) is 0. The molecule has 5 heteroatoms. The maximum Gasteiger partial charge on any atom is 0.416 e. The SMILES string of the molecule is Cc1cc2cnn(C)c2cc1C(F)(F)F. The molecule has 0 amide bonds. The summed E-state index contributed by atoms with van der Waals surface area (Å²) >= 11 is 0. The first-order chi connectivity index (χ1) is 6.89. The molecule has 0 aliphatic rings. The molecule has 0 N–H and O–H groups in total. The van der Waals surface area contributed by atoms with Crippen LogP contribution in [0.4, 0.5) is 13.2 Å². The van der Waals surface area contributed by atoms with Crippen LogP contribution in [0.5, 0.6) is 0 Å². The third-order valence-corrected chi connectivity index (χ3v) is 2.40. The standard InChI is InChI=1S/C10H9F3N2/c1-6-3-7-5-14-15(2)9(7)4-8(6)10(11,12)13/h3-5H,1-2H3. The molecule has 15 heavy (non-hydrogen) atoms. The van der Waals surface area contributed by atoms with Gasteiger partial charge in [0.25, 0.3) is 0 Å². The average molecular weight is 214 g/mol. The molecule has 0 unspecified atom stereocenters. The normalized spacial score (nSPS) is 12.3. The number of alkyl halides is 3. The maximum atomic E-state index is 12.6. The zero-order chi connectivity index (χ0) is 11.2. The van der Waals surface area contributed by atoms with Gasteiger partial charge in [0.2, 0.25) is 0 Å². The zero-order valence-electron chi connectivity index (χ0n) is 8.26. The molecule has 2 rings (SSSR count). The van der Waals surface area contributed by atoms with E-state index in [0.717, 1.165) is 11.5 Å². The van der Waals surface area contributed by atoms with E-state index in [1.165, 1.54) is 17.7 Å². The molecule has 0 saturated heterocycles. The third kappa shape index (κ3) is 1.58. The van der Waals surface area contributed by atoms with E-state index in [4.69, 9.17) is 0 Å². The van der Waals surface area contributed by atoms with Gasteiger partial charge < -0.3 is 0 Å². The van der Waals surface area contributed by atoms with Crippen molar-refractivity contribution in [3.63, 3.8) is 0 Å². The Hall–Kier alpha value is -1.52. The van der Waals surface area contributed by atoms with Crippen molar-refractivity contribution in [3.05, 3.63) is 29.5 Å². The van der Waals surface area contributed by atoms with Crippen LogP contribution in [0.3, 0.4) is 0 Å². The number of nitrogens with zero attached hydrogens (tertiary/aromatic N) is 2. The summed E-state index contributed by atoms with van der Waals surface area (Å²) in [7, 11) is 1.62. The predicted octanol–water partition coefficient (Wildman–Crippen LogP) is 2.90. The molecular weight excluding hydrogens is 205 g/mol.